The molecule has 1 N–H and O–H groups in total. The van der Waals surface area contributed by atoms with E-state index in [1.807, 2.05) is 12.5 Å². The van der Waals surface area contributed by atoms with Gasteiger partial charge in [0, 0.05) is 22.9 Å². The molecule has 0 spiro atoms. The van der Waals surface area contributed by atoms with Crippen LogP contribution in [0.4, 0.5) is 5.69 Å². The smallest absolute Gasteiger partial charge is 0.0948 e. The average Bonchev–Trinajstić information content (AvgIpc) is 2.80. The van der Waals surface area contributed by atoms with E-state index in [9.17, 15) is 0 Å². The molecule has 0 radical (unpaired) electrons. The van der Waals surface area contributed by atoms with Gasteiger partial charge in [-0.1, -0.05) is 15.9 Å². The van der Waals surface area contributed by atoms with Gasteiger partial charge in [-0.3, -0.25) is 0 Å². The van der Waals surface area contributed by atoms with Gasteiger partial charge < -0.3 is 9.88 Å². The Kier molecular flexibility index (Phi) is 4.07. The highest BCUT2D eigenvalue weighted by Crippen LogP contribution is 2.25. The summed E-state index contributed by atoms with van der Waals surface area (Å²) in [5.74, 6) is 0. The van der Waals surface area contributed by atoms with Crippen molar-refractivity contribution in [2.45, 2.75) is 33.9 Å². The number of anilines is 1. The summed E-state index contributed by atoms with van der Waals surface area (Å²) in [6.45, 7) is 8.10. The number of nitrogens with one attached hydrogen (secondary N) is 1. The summed E-state index contributed by atoms with van der Waals surface area (Å²) >= 11 is 3.58. The fourth-order valence-corrected chi connectivity index (χ4v) is 2.25. The first-order valence-electron chi connectivity index (χ1n) is 6.11. The predicted octanol–water partition coefficient (Wildman–Crippen LogP) is 3.89. The topological polar surface area (TPSA) is 29.9 Å². The summed E-state index contributed by atoms with van der Waals surface area (Å²) in [7, 11) is 0. The summed E-state index contributed by atoms with van der Waals surface area (Å²) in [6, 6.07) is 4.31. The first-order chi connectivity index (χ1) is 8.61. The first-order valence-corrected chi connectivity index (χ1v) is 6.90. The molecule has 1 aromatic heterocycles. The normalized spacial score (nSPS) is 10.7. The molecule has 0 bridgehead atoms. The molecule has 1 aromatic carbocycles. The van der Waals surface area contributed by atoms with Crippen LogP contribution >= 0.6 is 15.9 Å². The zero-order chi connectivity index (χ0) is 13.1. The Hall–Kier alpha value is -1.29. The first kappa shape index (κ1) is 13.1. The van der Waals surface area contributed by atoms with E-state index < -0.39 is 0 Å². The Labute approximate surface area is 116 Å². The SMILES string of the molecule is CCn1cncc1CNc1cc(C)c(Br)c(C)c1. The highest BCUT2D eigenvalue weighted by molar-refractivity contribution is 9.10. The average molecular weight is 308 g/mol. The number of benzene rings is 1. The van der Waals surface area contributed by atoms with E-state index in [0.29, 0.717) is 0 Å². The molecule has 18 heavy (non-hydrogen) atoms. The Morgan fingerprint density at radius 2 is 1.94 bits per heavy atom. The van der Waals surface area contributed by atoms with Crippen LogP contribution in [0.15, 0.2) is 29.1 Å². The van der Waals surface area contributed by atoms with Crippen molar-refractivity contribution >= 4 is 21.6 Å². The lowest BCUT2D eigenvalue weighted by Crippen LogP contribution is -2.06. The lowest BCUT2D eigenvalue weighted by atomic mass is 10.1. The van der Waals surface area contributed by atoms with Crippen LogP contribution in [0.5, 0.6) is 0 Å². The van der Waals surface area contributed by atoms with Crippen LogP contribution < -0.4 is 5.32 Å². The van der Waals surface area contributed by atoms with Crippen molar-refractivity contribution in [1.82, 2.24) is 9.55 Å². The molecular weight excluding hydrogens is 290 g/mol. The van der Waals surface area contributed by atoms with Crippen LogP contribution in [-0.2, 0) is 13.1 Å². The lowest BCUT2D eigenvalue weighted by molar-refractivity contribution is 0.719. The molecule has 0 unspecified atom stereocenters. The third-order valence-electron chi connectivity index (χ3n) is 3.05. The number of hydrogen-bond donors (Lipinski definition) is 1. The zero-order valence-corrected chi connectivity index (χ0v) is 12.6. The lowest BCUT2D eigenvalue weighted by Gasteiger charge is -2.11. The van der Waals surface area contributed by atoms with E-state index in [4.69, 9.17) is 0 Å². The Bertz CT molecular complexity index is 523. The number of hydrogen-bond acceptors (Lipinski definition) is 2. The third kappa shape index (κ3) is 2.75. The molecule has 2 rings (SSSR count). The van der Waals surface area contributed by atoms with Crippen molar-refractivity contribution in [3.05, 3.63) is 46.0 Å². The van der Waals surface area contributed by atoms with Crippen LogP contribution in [0.25, 0.3) is 0 Å². The molecular formula is C14H18BrN3. The minimum Gasteiger partial charge on any atom is -0.379 e. The van der Waals surface area contributed by atoms with Crippen molar-refractivity contribution < 1.29 is 0 Å². The van der Waals surface area contributed by atoms with Crippen molar-refractivity contribution in [2.75, 3.05) is 5.32 Å². The summed E-state index contributed by atoms with van der Waals surface area (Å²) in [5.41, 5.74) is 4.86. The number of nitrogens with zero attached hydrogens (tertiary/aromatic N) is 2. The van der Waals surface area contributed by atoms with Gasteiger partial charge in [0.1, 0.15) is 0 Å². The van der Waals surface area contributed by atoms with Gasteiger partial charge in [-0.05, 0) is 44.0 Å². The van der Waals surface area contributed by atoms with Crippen LogP contribution in [0.3, 0.4) is 0 Å². The van der Waals surface area contributed by atoms with Crippen LogP contribution in [0, 0.1) is 13.8 Å². The van der Waals surface area contributed by atoms with E-state index in [1.165, 1.54) is 21.3 Å². The van der Waals surface area contributed by atoms with Crippen molar-refractivity contribution in [1.29, 1.82) is 0 Å². The van der Waals surface area contributed by atoms with Crippen molar-refractivity contribution in [3.8, 4) is 0 Å². The van der Waals surface area contributed by atoms with E-state index in [0.717, 1.165) is 18.8 Å². The zero-order valence-electron chi connectivity index (χ0n) is 11.0. The maximum absolute atomic E-state index is 4.17. The Morgan fingerprint density at radius 1 is 1.28 bits per heavy atom. The summed E-state index contributed by atoms with van der Waals surface area (Å²) < 4.78 is 3.33. The second-order valence-corrected chi connectivity index (χ2v) is 5.24. The van der Waals surface area contributed by atoms with Gasteiger partial charge in [-0.25, -0.2) is 4.98 Å². The number of imidazole rings is 1. The third-order valence-corrected chi connectivity index (χ3v) is 4.30. The standard InChI is InChI=1S/C14H18BrN3/c1-4-18-9-16-7-13(18)8-17-12-5-10(2)14(15)11(3)6-12/h5-7,9,17H,4,8H2,1-3H3. The van der Waals surface area contributed by atoms with Gasteiger partial charge in [-0.2, -0.15) is 0 Å². The summed E-state index contributed by atoms with van der Waals surface area (Å²) in [4.78, 5) is 4.17. The minimum atomic E-state index is 0.800. The minimum absolute atomic E-state index is 0.800. The highest BCUT2D eigenvalue weighted by atomic mass is 79.9. The molecule has 1 heterocycles. The van der Waals surface area contributed by atoms with Gasteiger partial charge >= 0.3 is 0 Å². The van der Waals surface area contributed by atoms with E-state index in [2.05, 4.69) is 63.7 Å². The molecule has 0 saturated heterocycles. The number of aryl methyl sites for hydroxylation is 3. The van der Waals surface area contributed by atoms with Gasteiger partial charge in [0.15, 0.2) is 0 Å². The molecule has 3 nitrogen and oxygen atoms in total. The predicted molar refractivity (Wildman–Crippen MR) is 78.8 cm³/mol. The maximum Gasteiger partial charge on any atom is 0.0948 e. The van der Waals surface area contributed by atoms with E-state index in [1.54, 1.807) is 0 Å². The molecule has 0 aliphatic heterocycles. The Balaban J connectivity index is 2.11. The molecule has 0 atom stereocenters. The molecule has 0 saturated carbocycles. The Morgan fingerprint density at radius 3 is 2.56 bits per heavy atom. The van der Waals surface area contributed by atoms with E-state index in [-0.39, 0.29) is 0 Å². The van der Waals surface area contributed by atoms with Crippen molar-refractivity contribution in [2.24, 2.45) is 0 Å². The number of rotatable bonds is 4. The van der Waals surface area contributed by atoms with Gasteiger partial charge in [0.2, 0.25) is 0 Å². The highest BCUT2D eigenvalue weighted by Gasteiger charge is 2.04. The van der Waals surface area contributed by atoms with Gasteiger partial charge in [0.05, 0.1) is 18.6 Å². The molecule has 0 amide bonds. The largest absolute Gasteiger partial charge is 0.379 e. The fraction of sp³-hybridized carbons (Fsp3) is 0.357. The number of halogens is 1. The van der Waals surface area contributed by atoms with Crippen LogP contribution in [-0.4, -0.2) is 9.55 Å². The summed E-state index contributed by atoms with van der Waals surface area (Å²) in [6.07, 6.45) is 3.78. The molecule has 4 heteroatoms. The van der Waals surface area contributed by atoms with Crippen LogP contribution in [0.2, 0.25) is 0 Å². The van der Waals surface area contributed by atoms with E-state index >= 15 is 0 Å². The fourth-order valence-electron chi connectivity index (χ4n) is 2.02. The van der Waals surface area contributed by atoms with Crippen LogP contribution in [0.1, 0.15) is 23.7 Å². The quantitative estimate of drug-likeness (QED) is 0.928. The summed E-state index contributed by atoms with van der Waals surface area (Å²) in [5, 5.41) is 3.45. The molecule has 96 valence electrons. The maximum atomic E-state index is 4.17. The van der Waals surface area contributed by atoms with Gasteiger partial charge in [0.25, 0.3) is 0 Å². The number of aromatic nitrogens is 2. The molecule has 0 aliphatic rings. The molecule has 0 fully saturated rings. The second kappa shape index (κ2) is 5.57. The van der Waals surface area contributed by atoms with Gasteiger partial charge in [-0.15, -0.1) is 0 Å². The molecule has 2 aromatic rings. The van der Waals surface area contributed by atoms with Crippen molar-refractivity contribution in [3.63, 3.8) is 0 Å². The molecule has 0 aliphatic carbocycles. The second-order valence-electron chi connectivity index (χ2n) is 4.45. The monoisotopic (exact) mass is 307 g/mol.